The predicted molar refractivity (Wildman–Crippen MR) is 101 cm³/mol. The molecule has 3 aromatic rings. The molecule has 6 nitrogen and oxygen atoms in total. The highest BCUT2D eigenvalue weighted by Gasteiger charge is 2.20. The van der Waals surface area contributed by atoms with Gasteiger partial charge in [0, 0.05) is 16.3 Å². The molecular weight excluding hydrogens is 358 g/mol. The van der Waals surface area contributed by atoms with Crippen LogP contribution in [0.25, 0.3) is 11.4 Å². The Morgan fingerprint density at radius 3 is 2.52 bits per heavy atom. The third-order valence-electron chi connectivity index (χ3n) is 3.46. The summed E-state index contributed by atoms with van der Waals surface area (Å²) in [5, 5.41) is 11.7. The van der Waals surface area contributed by atoms with Crippen LogP contribution < -0.4 is 11.2 Å². The van der Waals surface area contributed by atoms with Crippen molar-refractivity contribution in [2.45, 2.75) is 17.3 Å². The average molecular weight is 374 g/mol. The number of nitrogens with zero attached hydrogens (tertiary/aromatic N) is 3. The van der Waals surface area contributed by atoms with Gasteiger partial charge in [-0.1, -0.05) is 53.7 Å². The summed E-state index contributed by atoms with van der Waals surface area (Å²) in [5.41, 5.74) is 1.55. The number of anilines is 1. The van der Waals surface area contributed by atoms with E-state index < -0.39 is 5.25 Å². The molecule has 1 amide bonds. The van der Waals surface area contributed by atoms with Crippen molar-refractivity contribution >= 4 is 35.0 Å². The van der Waals surface area contributed by atoms with Crippen LogP contribution in [0.1, 0.15) is 6.92 Å². The van der Waals surface area contributed by atoms with Crippen molar-refractivity contribution < 1.29 is 4.79 Å². The SMILES string of the molecule is CC(Sc1nnc(-c2ccccc2)n1N)C(=O)Nc1ccc(Cl)cc1. The highest BCUT2D eigenvalue weighted by Crippen LogP contribution is 2.25. The first kappa shape index (κ1) is 17.3. The van der Waals surface area contributed by atoms with E-state index in [0.717, 1.165) is 5.56 Å². The third-order valence-corrected chi connectivity index (χ3v) is 4.77. The van der Waals surface area contributed by atoms with Crippen molar-refractivity contribution in [1.29, 1.82) is 0 Å². The summed E-state index contributed by atoms with van der Waals surface area (Å²) in [6.45, 7) is 1.78. The first-order valence-corrected chi connectivity index (χ1v) is 8.79. The number of benzene rings is 2. The summed E-state index contributed by atoms with van der Waals surface area (Å²) in [6, 6.07) is 16.5. The molecule has 128 valence electrons. The van der Waals surface area contributed by atoms with Gasteiger partial charge in [0.05, 0.1) is 5.25 Å². The summed E-state index contributed by atoms with van der Waals surface area (Å²) in [4.78, 5) is 12.3. The second-order valence-corrected chi connectivity index (χ2v) is 7.04. The zero-order valence-electron chi connectivity index (χ0n) is 13.4. The van der Waals surface area contributed by atoms with Gasteiger partial charge in [0.1, 0.15) is 0 Å². The smallest absolute Gasteiger partial charge is 0.237 e. The molecule has 0 bridgehead atoms. The summed E-state index contributed by atoms with van der Waals surface area (Å²) >= 11 is 7.08. The summed E-state index contributed by atoms with van der Waals surface area (Å²) < 4.78 is 1.39. The second kappa shape index (κ2) is 7.58. The van der Waals surface area contributed by atoms with Crippen LogP contribution in [0.3, 0.4) is 0 Å². The van der Waals surface area contributed by atoms with Crippen molar-refractivity contribution in [2.75, 3.05) is 11.2 Å². The van der Waals surface area contributed by atoms with Crippen LogP contribution in [0.15, 0.2) is 59.8 Å². The summed E-state index contributed by atoms with van der Waals surface area (Å²) in [5.74, 6) is 6.47. The van der Waals surface area contributed by atoms with Crippen LogP contribution in [-0.2, 0) is 4.79 Å². The molecule has 1 heterocycles. The van der Waals surface area contributed by atoms with E-state index in [2.05, 4.69) is 15.5 Å². The Labute approximate surface area is 154 Å². The lowest BCUT2D eigenvalue weighted by Gasteiger charge is -2.11. The van der Waals surface area contributed by atoms with Gasteiger partial charge in [0.25, 0.3) is 0 Å². The maximum Gasteiger partial charge on any atom is 0.237 e. The zero-order valence-corrected chi connectivity index (χ0v) is 15.0. The number of nitrogens with two attached hydrogens (primary N) is 1. The first-order chi connectivity index (χ1) is 12.0. The second-order valence-electron chi connectivity index (χ2n) is 5.30. The lowest BCUT2D eigenvalue weighted by molar-refractivity contribution is -0.115. The van der Waals surface area contributed by atoms with Gasteiger partial charge in [-0.25, -0.2) is 4.68 Å². The van der Waals surface area contributed by atoms with Gasteiger partial charge in [-0.2, -0.15) is 0 Å². The van der Waals surface area contributed by atoms with Gasteiger partial charge in [0.15, 0.2) is 5.82 Å². The number of nitrogens with one attached hydrogen (secondary N) is 1. The number of amides is 1. The molecule has 25 heavy (non-hydrogen) atoms. The highest BCUT2D eigenvalue weighted by molar-refractivity contribution is 8.00. The van der Waals surface area contributed by atoms with Gasteiger partial charge in [-0.05, 0) is 31.2 Å². The number of hydrogen-bond acceptors (Lipinski definition) is 5. The molecule has 0 aliphatic carbocycles. The molecule has 3 N–H and O–H groups in total. The van der Waals surface area contributed by atoms with Gasteiger partial charge in [0.2, 0.25) is 11.1 Å². The molecular formula is C17H16ClN5OS. The maximum atomic E-state index is 12.3. The normalized spacial score (nSPS) is 11.9. The number of nitrogen functional groups attached to an aromatic ring is 1. The Morgan fingerprint density at radius 2 is 1.84 bits per heavy atom. The molecule has 8 heteroatoms. The molecule has 0 radical (unpaired) electrons. The number of halogens is 1. The van der Waals surface area contributed by atoms with Crippen molar-refractivity contribution in [3.63, 3.8) is 0 Å². The molecule has 1 atom stereocenters. The van der Waals surface area contributed by atoms with Crippen molar-refractivity contribution in [1.82, 2.24) is 14.9 Å². The molecule has 2 aromatic carbocycles. The van der Waals surface area contributed by atoms with Crippen LogP contribution in [-0.4, -0.2) is 26.0 Å². The van der Waals surface area contributed by atoms with Crippen LogP contribution >= 0.6 is 23.4 Å². The van der Waals surface area contributed by atoms with Gasteiger partial charge >= 0.3 is 0 Å². The first-order valence-electron chi connectivity index (χ1n) is 7.53. The van der Waals surface area contributed by atoms with E-state index in [4.69, 9.17) is 17.4 Å². The fraction of sp³-hybridized carbons (Fsp3) is 0.118. The number of hydrogen-bond donors (Lipinski definition) is 2. The van der Waals surface area contributed by atoms with Gasteiger partial charge < -0.3 is 11.2 Å². The van der Waals surface area contributed by atoms with Crippen molar-refractivity contribution in [3.05, 3.63) is 59.6 Å². The third kappa shape index (κ3) is 4.12. The Morgan fingerprint density at radius 1 is 1.16 bits per heavy atom. The minimum Gasteiger partial charge on any atom is -0.335 e. The number of aromatic nitrogens is 3. The van der Waals surface area contributed by atoms with Gasteiger partial charge in [-0.3, -0.25) is 4.79 Å². The number of thioether (sulfide) groups is 1. The maximum absolute atomic E-state index is 12.3. The van der Waals surface area contributed by atoms with E-state index in [1.807, 2.05) is 30.3 Å². The molecule has 0 spiro atoms. The van der Waals surface area contributed by atoms with Crippen LogP contribution in [0, 0.1) is 0 Å². The van der Waals surface area contributed by atoms with E-state index in [1.54, 1.807) is 31.2 Å². The van der Waals surface area contributed by atoms with Crippen LogP contribution in [0.4, 0.5) is 5.69 Å². The molecule has 0 saturated carbocycles. The number of carbonyl (C=O) groups is 1. The molecule has 0 aliphatic heterocycles. The van der Waals surface area contributed by atoms with Crippen molar-refractivity contribution in [2.24, 2.45) is 0 Å². The highest BCUT2D eigenvalue weighted by atomic mass is 35.5. The van der Waals surface area contributed by atoms with E-state index in [9.17, 15) is 4.79 Å². The topological polar surface area (TPSA) is 85.8 Å². The lowest BCUT2D eigenvalue weighted by atomic mass is 10.2. The molecule has 3 rings (SSSR count). The monoisotopic (exact) mass is 373 g/mol. The van der Waals surface area contributed by atoms with Crippen LogP contribution in [0.2, 0.25) is 5.02 Å². The van der Waals surface area contributed by atoms with E-state index in [0.29, 0.717) is 21.7 Å². The molecule has 1 unspecified atom stereocenters. The van der Waals surface area contributed by atoms with E-state index in [-0.39, 0.29) is 5.91 Å². The average Bonchev–Trinajstić information content (AvgIpc) is 2.98. The minimum absolute atomic E-state index is 0.156. The summed E-state index contributed by atoms with van der Waals surface area (Å²) in [6.07, 6.45) is 0. The number of rotatable bonds is 5. The largest absolute Gasteiger partial charge is 0.335 e. The Hall–Kier alpha value is -2.51. The zero-order chi connectivity index (χ0) is 17.8. The fourth-order valence-electron chi connectivity index (χ4n) is 2.13. The van der Waals surface area contributed by atoms with E-state index in [1.165, 1.54) is 16.4 Å². The molecule has 0 saturated heterocycles. The molecule has 1 aromatic heterocycles. The molecule has 0 fully saturated rings. The Kier molecular flexibility index (Phi) is 5.25. The Bertz CT molecular complexity index is 867. The van der Waals surface area contributed by atoms with Gasteiger partial charge in [-0.15, -0.1) is 10.2 Å². The summed E-state index contributed by atoms with van der Waals surface area (Å²) in [7, 11) is 0. The quantitative estimate of drug-likeness (QED) is 0.528. The van der Waals surface area contributed by atoms with Crippen LogP contribution in [0.5, 0.6) is 0 Å². The van der Waals surface area contributed by atoms with E-state index >= 15 is 0 Å². The Balaban J connectivity index is 1.68. The fourth-order valence-corrected chi connectivity index (χ4v) is 3.03. The van der Waals surface area contributed by atoms with Crippen molar-refractivity contribution in [3.8, 4) is 11.4 Å². The molecule has 0 aliphatic rings. The minimum atomic E-state index is -0.397. The number of carbonyl (C=O) groups excluding carboxylic acids is 1. The predicted octanol–water partition coefficient (Wildman–Crippen LogP) is 3.43. The lowest BCUT2D eigenvalue weighted by Crippen LogP contribution is -2.23. The standard InChI is InChI=1S/C17H16ClN5OS/c1-11(16(24)20-14-9-7-13(18)8-10-14)25-17-22-21-15(23(17)19)12-5-3-2-4-6-12/h2-11H,19H2,1H3,(H,20,24).